The van der Waals surface area contributed by atoms with Gasteiger partial charge in [-0.25, -0.2) is 4.68 Å². The number of thioether (sulfide) groups is 1. The summed E-state index contributed by atoms with van der Waals surface area (Å²) in [5.41, 5.74) is 2.82. The molecule has 1 heterocycles. The smallest absolute Gasteiger partial charge is 0.255 e. The molecular formula is C23H26N6O2S. The molecule has 9 heteroatoms. The monoisotopic (exact) mass is 450 g/mol. The highest BCUT2D eigenvalue weighted by atomic mass is 32.2. The summed E-state index contributed by atoms with van der Waals surface area (Å²) in [5, 5.41) is 18.1. The highest BCUT2D eigenvalue weighted by molar-refractivity contribution is 7.99. The summed E-state index contributed by atoms with van der Waals surface area (Å²) in [4.78, 5) is 25.3. The van der Waals surface area contributed by atoms with Crippen molar-refractivity contribution >= 4 is 35.0 Å². The number of anilines is 2. The number of nitrogens with one attached hydrogen (secondary N) is 2. The predicted molar refractivity (Wildman–Crippen MR) is 125 cm³/mol. The summed E-state index contributed by atoms with van der Waals surface area (Å²) in [7, 11) is 0. The average Bonchev–Trinajstić information content (AvgIpc) is 3.50. The van der Waals surface area contributed by atoms with Crippen LogP contribution in [0.2, 0.25) is 0 Å². The molecule has 1 aromatic heterocycles. The van der Waals surface area contributed by atoms with Gasteiger partial charge in [0.15, 0.2) is 0 Å². The third-order valence-electron chi connectivity index (χ3n) is 5.15. The van der Waals surface area contributed by atoms with Crippen LogP contribution in [-0.4, -0.2) is 37.8 Å². The Balaban J connectivity index is 1.38. The molecule has 0 radical (unpaired) electrons. The maximum Gasteiger partial charge on any atom is 0.255 e. The molecule has 0 saturated heterocycles. The second kappa shape index (κ2) is 9.12. The third kappa shape index (κ3) is 5.34. The van der Waals surface area contributed by atoms with E-state index in [-0.39, 0.29) is 23.0 Å². The van der Waals surface area contributed by atoms with E-state index in [2.05, 4.69) is 46.9 Å². The number of para-hydroxylation sites is 2. The predicted octanol–water partition coefficient (Wildman–Crippen LogP) is 4.29. The van der Waals surface area contributed by atoms with Crippen LogP contribution in [0, 0.1) is 0 Å². The Morgan fingerprint density at radius 3 is 2.31 bits per heavy atom. The first-order valence-electron chi connectivity index (χ1n) is 10.5. The van der Waals surface area contributed by atoms with Crippen LogP contribution in [-0.2, 0) is 10.2 Å². The molecule has 1 aliphatic rings. The Labute approximate surface area is 191 Å². The molecule has 8 nitrogen and oxygen atoms in total. The van der Waals surface area contributed by atoms with Crippen molar-refractivity contribution < 1.29 is 9.59 Å². The summed E-state index contributed by atoms with van der Waals surface area (Å²) >= 11 is 1.30. The van der Waals surface area contributed by atoms with Crippen molar-refractivity contribution in [2.45, 2.75) is 50.2 Å². The van der Waals surface area contributed by atoms with E-state index in [4.69, 9.17) is 0 Å². The van der Waals surface area contributed by atoms with Crippen molar-refractivity contribution in [2.75, 3.05) is 16.4 Å². The van der Waals surface area contributed by atoms with E-state index in [1.807, 2.05) is 36.4 Å². The molecular weight excluding hydrogens is 424 g/mol. The Kier molecular flexibility index (Phi) is 6.27. The number of carbonyl (C=O) groups excluding carboxylic acids is 2. The quantitative estimate of drug-likeness (QED) is 0.521. The topological polar surface area (TPSA) is 102 Å². The molecule has 0 aliphatic heterocycles. The Morgan fingerprint density at radius 2 is 1.69 bits per heavy atom. The largest absolute Gasteiger partial charge is 0.324 e. The van der Waals surface area contributed by atoms with Gasteiger partial charge >= 0.3 is 0 Å². The fourth-order valence-electron chi connectivity index (χ4n) is 3.16. The van der Waals surface area contributed by atoms with Crippen LogP contribution in [0.25, 0.3) is 0 Å². The number of carbonyl (C=O) groups is 2. The van der Waals surface area contributed by atoms with Crippen LogP contribution in [0.4, 0.5) is 11.4 Å². The molecule has 0 atom stereocenters. The molecule has 1 saturated carbocycles. The van der Waals surface area contributed by atoms with Crippen molar-refractivity contribution in [3.05, 3.63) is 59.7 Å². The fourth-order valence-corrected chi connectivity index (χ4v) is 3.91. The van der Waals surface area contributed by atoms with Crippen LogP contribution in [0.5, 0.6) is 0 Å². The number of hydrogen-bond acceptors (Lipinski definition) is 6. The van der Waals surface area contributed by atoms with Crippen LogP contribution in [0.1, 0.15) is 55.6 Å². The van der Waals surface area contributed by atoms with Crippen LogP contribution < -0.4 is 10.6 Å². The summed E-state index contributed by atoms with van der Waals surface area (Å²) in [6, 6.07) is 15.1. The molecule has 4 rings (SSSR count). The summed E-state index contributed by atoms with van der Waals surface area (Å²) < 4.78 is 1.77. The summed E-state index contributed by atoms with van der Waals surface area (Å²) in [6.45, 7) is 6.39. The van der Waals surface area contributed by atoms with Crippen LogP contribution in [0.3, 0.4) is 0 Å². The summed E-state index contributed by atoms with van der Waals surface area (Å²) in [6.07, 6.45) is 2.13. The zero-order chi connectivity index (χ0) is 22.7. The molecule has 2 amide bonds. The van der Waals surface area contributed by atoms with Gasteiger partial charge in [-0.15, -0.1) is 5.10 Å². The number of tetrazole rings is 1. The Hall–Kier alpha value is -3.20. The van der Waals surface area contributed by atoms with Gasteiger partial charge in [0.05, 0.1) is 23.2 Å². The second-order valence-corrected chi connectivity index (χ2v) is 9.74. The normalized spacial score (nSPS) is 13.6. The maximum absolute atomic E-state index is 12.7. The molecule has 1 aliphatic carbocycles. The molecule has 2 N–H and O–H groups in total. The van der Waals surface area contributed by atoms with E-state index in [1.165, 1.54) is 11.8 Å². The lowest BCUT2D eigenvalue weighted by molar-refractivity contribution is -0.113. The lowest BCUT2D eigenvalue weighted by atomic mass is 9.87. The van der Waals surface area contributed by atoms with Crippen molar-refractivity contribution in [1.29, 1.82) is 0 Å². The molecule has 0 unspecified atom stereocenters. The third-order valence-corrected chi connectivity index (χ3v) is 6.08. The van der Waals surface area contributed by atoms with Gasteiger partial charge < -0.3 is 10.6 Å². The zero-order valence-electron chi connectivity index (χ0n) is 18.3. The lowest BCUT2D eigenvalue weighted by Crippen LogP contribution is -2.18. The van der Waals surface area contributed by atoms with Crippen molar-refractivity contribution in [3.63, 3.8) is 0 Å². The molecule has 0 bridgehead atoms. The molecule has 32 heavy (non-hydrogen) atoms. The number of nitrogens with zero attached hydrogens (tertiary/aromatic N) is 4. The van der Waals surface area contributed by atoms with E-state index < -0.39 is 0 Å². The Bertz CT molecular complexity index is 1120. The first kappa shape index (κ1) is 22.0. The molecule has 166 valence electrons. The molecule has 2 aromatic carbocycles. The molecule has 3 aromatic rings. The van der Waals surface area contributed by atoms with Crippen LogP contribution in [0.15, 0.2) is 53.7 Å². The molecule has 1 fully saturated rings. The minimum atomic E-state index is -0.231. The minimum Gasteiger partial charge on any atom is -0.324 e. The van der Waals surface area contributed by atoms with Gasteiger partial charge in [-0.2, -0.15) is 0 Å². The van der Waals surface area contributed by atoms with Crippen molar-refractivity contribution in [2.24, 2.45) is 0 Å². The number of aromatic nitrogens is 4. The highest BCUT2D eigenvalue weighted by Crippen LogP contribution is 2.36. The minimum absolute atomic E-state index is 0.0197. The van der Waals surface area contributed by atoms with Crippen molar-refractivity contribution in [3.8, 4) is 0 Å². The molecule has 0 spiro atoms. The second-order valence-electron chi connectivity index (χ2n) is 8.80. The first-order valence-corrected chi connectivity index (χ1v) is 11.5. The number of amides is 2. The average molecular weight is 451 g/mol. The maximum atomic E-state index is 12.7. The van der Waals surface area contributed by atoms with Gasteiger partial charge in [0.25, 0.3) is 5.91 Å². The van der Waals surface area contributed by atoms with E-state index in [0.717, 1.165) is 18.4 Å². The number of hydrogen-bond donors (Lipinski definition) is 2. The SMILES string of the molecule is CC(C)(C)c1ccc(C(=O)Nc2ccccc2NC(=O)CSc2nnnn2C2CC2)cc1. The lowest BCUT2D eigenvalue weighted by Gasteiger charge is -2.19. The number of benzene rings is 2. The standard InChI is InChI=1S/C23H26N6O2S/c1-23(2,3)16-10-8-15(9-11-16)21(31)25-19-7-5-4-6-18(19)24-20(30)14-32-22-26-27-28-29(22)17-12-13-17/h4-11,17H,12-14H2,1-3H3,(H,24,30)(H,25,31). The first-order chi connectivity index (χ1) is 15.3. The highest BCUT2D eigenvalue weighted by Gasteiger charge is 2.28. The van der Waals surface area contributed by atoms with E-state index in [1.54, 1.807) is 16.8 Å². The van der Waals surface area contributed by atoms with Gasteiger partial charge in [-0.05, 0) is 58.5 Å². The van der Waals surface area contributed by atoms with Gasteiger partial charge in [-0.1, -0.05) is 56.8 Å². The Morgan fingerprint density at radius 1 is 1.03 bits per heavy atom. The van der Waals surface area contributed by atoms with E-state index in [0.29, 0.717) is 28.1 Å². The van der Waals surface area contributed by atoms with Gasteiger partial charge in [0.1, 0.15) is 0 Å². The zero-order valence-corrected chi connectivity index (χ0v) is 19.1. The fraction of sp³-hybridized carbons (Fsp3) is 0.348. The van der Waals surface area contributed by atoms with E-state index >= 15 is 0 Å². The van der Waals surface area contributed by atoms with Crippen LogP contribution >= 0.6 is 11.8 Å². The number of rotatable bonds is 7. The van der Waals surface area contributed by atoms with Crippen molar-refractivity contribution in [1.82, 2.24) is 20.2 Å². The summed E-state index contributed by atoms with van der Waals surface area (Å²) in [5.74, 6) is -0.259. The van der Waals surface area contributed by atoms with E-state index in [9.17, 15) is 9.59 Å². The van der Waals surface area contributed by atoms with Gasteiger partial charge in [-0.3, -0.25) is 9.59 Å². The van der Waals surface area contributed by atoms with Gasteiger partial charge in [0, 0.05) is 5.56 Å². The van der Waals surface area contributed by atoms with Gasteiger partial charge in [0.2, 0.25) is 11.1 Å².